The Morgan fingerprint density at radius 1 is 1.10 bits per heavy atom. The molecule has 142 valence electrons. The largest absolute Gasteiger partial charge is 0.326 e. The van der Waals surface area contributed by atoms with Crippen LogP contribution < -0.4 is 5.32 Å². The highest BCUT2D eigenvalue weighted by atomic mass is 32.2. The summed E-state index contributed by atoms with van der Waals surface area (Å²) in [5.41, 5.74) is 3.43. The normalized spacial score (nSPS) is 12.8. The molecule has 5 nitrogen and oxygen atoms in total. The molecule has 1 amide bonds. The third-order valence-electron chi connectivity index (χ3n) is 4.74. The van der Waals surface area contributed by atoms with Gasteiger partial charge in [0.15, 0.2) is 5.78 Å². The number of thiophene rings is 1. The summed E-state index contributed by atoms with van der Waals surface area (Å²) in [7, 11) is 0. The fourth-order valence-corrected chi connectivity index (χ4v) is 5.25. The van der Waals surface area contributed by atoms with Gasteiger partial charge in [-0.15, -0.1) is 11.3 Å². The van der Waals surface area contributed by atoms with E-state index in [0.717, 1.165) is 36.9 Å². The van der Waals surface area contributed by atoms with Crippen LogP contribution in [0, 0.1) is 0 Å². The van der Waals surface area contributed by atoms with Gasteiger partial charge in [0.2, 0.25) is 5.91 Å². The molecule has 0 unspecified atom stereocenters. The van der Waals surface area contributed by atoms with E-state index in [-0.39, 0.29) is 17.4 Å². The number of ketones is 1. The summed E-state index contributed by atoms with van der Waals surface area (Å²) in [4.78, 5) is 35.0. The van der Waals surface area contributed by atoms with Gasteiger partial charge >= 0.3 is 0 Å². The van der Waals surface area contributed by atoms with Crippen molar-refractivity contribution in [2.75, 3.05) is 11.1 Å². The number of hydrogen-bond donors (Lipinski definition) is 1. The van der Waals surface area contributed by atoms with E-state index in [2.05, 4.69) is 33.5 Å². The zero-order valence-corrected chi connectivity index (χ0v) is 16.8. The Morgan fingerprint density at radius 3 is 2.83 bits per heavy atom. The second-order valence-electron chi connectivity index (χ2n) is 6.68. The van der Waals surface area contributed by atoms with Crippen LogP contribution in [0.5, 0.6) is 0 Å². The van der Waals surface area contributed by atoms with Gasteiger partial charge in [-0.05, 0) is 35.4 Å². The van der Waals surface area contributed by atoms with Crippen LogP contribution in [0.4, 0.5) is 5.69 Å². The first-order valence-corrected chi connectivity index (χ1v) is 10.9. The van der Waals surface area contributed by atoms with Crippen LogP contribution in [0.3, 0.4) is 0 Å². The molecule has 3 heterocycles. The smallest absolute Gasteiger partial charge is 0.228 e. The molecule has 1 aliphatic heterocycles. The summed E-state index contributed by atoms with van der Waals surface area (Å²) in [5.74, 6) is 0.263. The van der Waals surface area contributed by atoms with E-state index in [1.54, 1.807) is 29.8 Å². The summed E-state index contributed by atoms with van der Waals surface area (Å²) in [6.07, 6.45) is 1.88. The molecule has 0 bridgehead atoms. The van der Waals surface area contributed by atoms with Gasteiger partial charge in [-0.1, -0.05) is 42.1 Å². The SMILES string of the molecule is O=C1Cc2cc(C(=O)CSc3ncnc4sc(-c5ccccc5)cc34)ccc2N1. The van der Waals surface area contributed by atoms with Gasteiger partial charge in [0.05, 0.1) is 12.2 Å². The van der Waals surface area contributed by atoms with Gasteiger partial charge in [0.1, 0.15) is 16.2 Å². The number of Topliss-reactive ketones (excluding diaryl/α,β-unsaturated/α-hetero) is 1. The highest BCUT2D eigenvalue weighted by Crippen LogP contribution is 2.36. The van der Waals surface area contributed by atoms with Crippen molar-refractivity contribution in [3.63, 3.8) is 0 Å². The highest BCUT2D eigenvalue weighted by molar-refractivity contribution is 8.00. The molecule has 29 heavy (non-hydrogen) atoms. The Hall–Kier alpha value is -3.03. The van der Waals surface area contributed by atoms with Crippen LogP contribution in [-0.4, -0.2) is 27.4 Å². The Balaban J connectivity index is 1.37. The predicted octanol–water partition coefficient (Wildman–Crippen LogP) is 4.83. The monoisotopic (exact) mass is 417 g/mol. The molecule has 0 aliphatic carbocycles. The molecule has 7 heteroatoms. The standard InChI is InChI=1S/C22H15N3O2S2/c26-18(14-6-7-17-15(8-14)9-20(27)25-17)11-28-21-16-10-19(13-4-2-1-3-5-13)29-22(16)24-12-23-21/h1-8,10,12H,9,11H2,(H,25,27). The number of carbonyl (C=O) groups excluding carboxylic acids is 2. The molecule has 0 radical (unpaired) electrons. The second kappa shape index (κ2) is 7.42. The molecule has 4 aromatic rings. The van der Waals surface area contributed by atoms with Crippen LogP contribution in [0.25, 0.3) is 20.7 Å². The van der Waals surface area contributed by atoms with Crippen molar-refractivity contribution >= 4 is 50.7 Å². The van der Waals surface area contributed by atoms with Crippen LogP contribution >= 0.6 is 23.1 Å². The molecule has 0 atom stereocenters. The van der Waals surface area contributed by atoms with Gasteiger partial charge in [-0.3, -0.25) is 9.59 Å². The maximum absolute atomic E-state index is 12.7. The molecule has 1 N–H and O–H groups in total. The molecule has 2 aromatic heterocycles. The quantitative estimate of drug-likeness (QED) is 0.286. The van der Waals surface area contributed by atoms with Gasteiger partial charge in [-0.2, -0.15) is 0 Å². The average Bonchev–Trinajstić information content (AvgIpc) is 3.34. The number of nitrogens with one attached hydrogen (secondary N) is 1. The molecule has 0 fully saturated rings. The first kappa shape index (κ1) is 18.0. The van der Waals surface area contributed by atoms with E-state index in [1.165, 1.54) is 11.8 Å². The number of carbonyl (C=O) groups is 2. The van der Waals surface area contributed by atoms with Crippen molar-refractivity contribution in [1.82, 2.24) is 9.97 Å². The fourth-order valence-electron chi connectivity index (χ4n) is 3.31. The number of fused-ring (bicyclic) bond motifs is 2. The summed E-state index contributed by atoms with van der Waals surface area (Å²) in [6, 6.07) is 17.6. The second-order valence-corrected chi connectivity index (χ2v) is 8.68. The van der Waals surface area contributed by atoms with E-state index in [0.29, 0.717) is 12.0 Å². The van der Waals surface area contributed by atoms with Crippen LogP contribution in [0.1, 0.15) is 15.9 Å². The van der Waals surface area contributed by atoms with E-state index >= 15 is 0 Å². The number of benzene rings is 2. The minimum atomic E-state index is -0.0333. The van der Waals surface area contributed by atoms with E-state index in [1.807, 2.05) is 24.3 Å². The summed E-state index contributed by atoms with van der Waals surface area (Å²) < 4.78 is 0. The minimum Gasteiger partial charge on any atom is -0.326 e. The molecule has 5 rings (SSSR count). The Morgan fingerprint density at radius 2 is 1.97 bits per heavy atom. The molecule has 0 saturated carbocycles. The van der Waals surface area contributed by atoms with Gasteiger partial charge < -0.3 is 5.32 Å². The maximum atomic E-state index is 12.7. The Labute approximate surface area is 175 Å². The molecule has 0 spiro atoms. The minimum absolute atomic E-state index is 0.0161. The lowest BCUT2D eigenvalue weighted by Gasteiger charge is -2.04. The summed E-state index contributed by atoms with van der Waals surface area (Å²) >= 11 is 3.04. The molecule has 2 aromatic carbocycles. The molecule has 1 aliphatic rings. The Bertz CT molecular complexity index is 1250. The topological polar surface area (TPSA) is 72.0 Å². The zero-order valence-electron chi connectivity index (χ0n) is 15.2. The van der Waals surface area contributed by atoms with Crippen molar-refractivity contribution in [3.05, 3.63) is 72.1 Å². The molecular formula is C22H15N3O2S2. The Kier molecular flexibility index (Phi) is 4.61. The lowest BCUT2D eigenvalue weighted by atomic mass is 10.1. The fraction of sp³-hybridized carbons (Fsp3) is 0.0909. The van der Waals surface area contributed by atoms with Gasteiger partial charge in [-0.25, -0.2) is 9.97 Å². The van der Waals surface area contributed by atoms with Gasteiger partial charge in [0, 0.05) is 21.5 Å². The number of amides is 1. The van der Waals surface area contributed by atoms with Crippen molar-refractivity contribution < 1.29 is 9.59 Å². The van der Waals surface area contributed by atoms with Gasteiger partial charge in [0.25, 0.3) is 0 Å². The third kappa shape index (κ3) is 3.54. The lowest BCUT2D eigenvalue weighted by Crippen LogP contribution is -2.03. The highest BCUT2D eigenvalue weighted by Gasteiger charge is 2.19. The number of nitrogens with zero attached hydrogens (tertiary/aromatic N) is 2. The van der Waals surface area contributed by atoms with Crippen molar-refractivity contribution in [1.29, 1.82) is 0 Å². The van der Waals surface area contributed by atoms with E-state index < -0.39 is 0 Å². The maximum Gasteiger partial charge on any atom is 0.228 e. The van der Waals surface area contributed by atoms with Crippen molar-refractivity contribution in [2.45, 2.75) is 11.4 Å². The average molecular weight is 418 g/mol. The molecule has 0 saturated heterocycles. The number of hydrogen-bond acceptors (Lipinski definition) is 6. The zero-order chi connectivity index (χ0) is 19.8. The predicted molar refractivity (Wildman–Crippen MR) is 117 cm³/mol. The van der Waals surface area contributed by atoms with Crippen molar-refractivity contribution in [2.24, 2.45) is 0 Å². The lowest BCUT2D eigenvalue weighted by molar-refractivity contribution is -0.115. The van der Waals surface area contributed by atoms with Crippen LogP contribution in [0.15, 0.2) is 66.0 Å². The summed E-state index contributed by atoms with van der Waals surface area (Å²) in [5, 5.41) is 4.56. The third-order valence-corrected chi connectivity index (χ3v) is 6.84. The number of rotatable bonds is 5. The first-order valence-electron chi connectivity index (χ1n) is 9.06. The van der Waals surface area contributed by atoms with Crippen molar-refractivity contribution in [3.8, 4) is 10.4 Å². The number of aromatic nitrogens is 2. The van der Waals surface area contributed by atoms with E-state index in [4.69, 9.17) is 0 Å². The number of thioether (sulfide) groups is 1. The summed E-state index contributed by atoms with van der Waals surface area (Å²) in [6.45, 7) is 0. The van der Waals surface area contributed by atoms with Crippen LogP contribution in [-0.2, 0) is 11.2 Å². The number of anilines is 1. The molecular weight excluding hydrogens is 402 g/mol. The first-order chi connectivity index (χ1) is 14.2. The van der Waals surface area contributed by atoms with Crippen LogP contribution in [0.2, 0.25) is 0 Å². The van der Waals surface area contributed by atoms with E-state index in [9.17, 15) is 9.59 Å².